The summed E-state index contributed by atoms with van der Waals surface area (Å²) < 4.78 is 72.8. The molecule has 3 N–H and O–H groups in total. The van der Waals surface area contributed by atoms with Crippen LogP contribution in [-0.4, -0.2) is 87.6 Å². The summed E-state index contributed by atoms with van der Waals surface area (Å²) in [5.74, 6) is -3.89. The molecule has 0 saturated carbocycles. The monoisotopic (exact) mass is 842 g/mol. The molecule has 0 spiro atoms. The highest BCUT2D eigenvalue weighted by molar-refractivity contribution is 6.41. The van der Waals surface area contributed by atoms with Gasteiger partial charge in [0, 0.05) is 62.3 Å². The first-order valence-electron chi connectivity index (χ1n) is 19.6. The summed E-state index contributed by atoms with van der Waals surface area (Å²) in [5.41, 5.74) is 6.29. The van der Waals surface area contributed by atoms with E-state index in [-0.39, 0.29) is 5.97 Å². The Morgan fingerprint density at radius 2 is 1.52 bits per heavy atom. The topological polar surface area (TPSA) is 151 Å². The molecule has 4 aromatic rings. The van der Waals surface area contributed by atoms with Crippen molar-refractivity contribution >= 4 is 35.0 Å². The number of rotatable bonds is 12. The first kappa shape index (κ1) is 45.4. The van der Waals surface area contributed by atoms with Crippen LogP contribution in [0.3, 0.4) is 0 Å². The van der Waals surface area contributed by atoms with Gasteiger partial charge in [0.25, 0.3) is 0 Å². The lowest BCUT2D eigenvalue weighted by Crippen LogP contribution is -2.45. The van der Waals surface area contributed by atoms with Crippen LogP contribution in [0.5, 0.6) is 0 Å². The number of Topliss-reactive ketones (excluding diaryl/α,β-unsaturated/α-hetero) is 2. The Bertz CT molecular complexity index is 2060. The van der Waals surface area contributed by atoms with Crippen LogP contribution in [0.25, 0.3) is 11.1 Å². The molecule has 1 saturated heterocycles. The zero-order valence-corrected chi connectivity index (χ0v) is 33.7. The molecule has 18 heteroatoms. The van der Waals surface area contributed by atoms with E-state index in [1.165, 1.54) is 17.7 Å². The average Bonchev–Trinajstić information content (AvgIpc) is 3.22. The minimum absolute atomic E-state index is 0.302. The summed E-state index contributed by atoms with van der Waals surface area (Å²) in [5, 5.41) is 10.4. The number of aromatic nitrogens is 4. The predicted molar refractivity (Wildman–Crippen MR) is 213 cm³/mol. The van der Waals surface area contributed by atoms with E-state index in [2.05, 4.69) is 74.1 Å². The van der Waals surface area contributed by atoms with Crippen molar-refractivity contribution < 1.29 is 45.5 Å². The molecule has 1 atom stereocenters. The third-order valence-electron chi connectivity index (χ3n) is 9.81. The van der Waals surface area contributed by atoms with Crippen molar-refractivity contribution in [3.05, 3.63) is 89.6 Å². The van der Waals surface area contributed by atoms with E-state index >= 15 is 0 Å². The molecule has 1 aromatic carbocycles. The summed E-state index contributed by atoms with van der Waals surface area (Å²) in [7, 11) is 0. The van der Waals surface area contributed by atoms with Gasteiger partial charge in [-0.2, -0.15) is 26.3 Å². The Balaban J connectivity index is 0.000000496. The first-order chi connectivity index (χ1) is 28.3. The molecule has 60 heavy (non-hydrogen) atoms. The van der Waals surface area contributed by atoms with Gasteiger partial charge >= 0.3 is 29.9 Å². The molecule has 0 radical (unpaired) electrons. The third kappa shape index (κ3) is 12.4. The van der Waals surface area contributed by atoms with Crippen LogP contribution >= 0.6 is 0 Å². The second kappa shape index (κ2) is 19.6. The second-order valence-electron chi connectivity index (χ2n) is 15.3. The maximum absolute atomic E-state index is 13.4. The quantitative estimate of drug-likeness (QED) is 0.0741. The maximum atomic E-state index is 13.4. The molecule has 3 aromatic heterocycles. The van der Waals surface area contributed by atoms with Crippen molar-refractivity contribution in [1.29, 1.82) is 0 Å². The fraction of sp³-hybridized carbons (Fsp3) is 0.452. The molecule has 0 bridgehead atoms. The van der Waals surface area contributed by atoms with Crippen molar-refractivity contribution in [2.75, 3.05) is 41.7 Å². The van der Waals surface area contributed by atoms with Crippen molar-refractivity contribution in [3.63, 3.8) is 0 Å². The number of alkyl halides is 6. The van der Waals surface area contributed by atoms with Crippen LogP contribution in [0.15, 0.2) is 67.3 Å². The summed E-state index contributed by atoms with van der Waals surface area (Å²) in [6, 6.07) is 16.2. The maximum Gasteiger partial charge on any atom is 0.458 e. The van der Waals surface area contributed by atoms with Gasteiger partial charge < -0.3 is 20.3 Å². The van der Waals surface area contributed by atoms with Gasteiger partial charge in [0.1, 0.15) is 35.4 Å². The lowest BCUT2D eigenvalue weighted by molar-refractivity contribution is -0.193. The van der Waals surface area contributed by atoms with Gasteiger partial charge in [0.15, 0.2) is 0 Å². The molecule has 0 amide bonds. The molecule has 12 nitrogen and oxygen atoms in total. The Hall–Kier alpha value is -5.65. The number of hydrogen-bond donors (Lipinski definition) is 3. The highest BCUT2D eigenvalue weighted by Crippen LogP contribution is 2.34. The van der Waals surface area contributed by atoms with E-state index in [0.717, 1.165) is 85.0 Å². The SMILES string of the molecule is CCc1c(NC[C@H](NCc2ccc(-c3ccncc3)cc2)C(=O)OC(C)(C)C)ncnc1N1CCC(c2ccc3c(n2)NCCC3)CC1.O=C(C(=O)C(F)(F)F)C(F)(F)F. The number of carbonyl (C=O) groups excluding carboxylic acids is 3. The van der Waals surface area contributed by atoms with Gasteiger partial charge in [0.05, 0.1) is 0 Å². The zero-order chi connectivity index (χ0) is 43.7. The number of pyridine rings is 2. The molecule has 0 unspecified atom stereocenters. The smallest absolute Gasteiger partial charge is 0.458 e. The van der Waals surface area contributed by atoms with Gasteiger partial charge in [0.2, 0.25) is 0 Å². The number of aryl methyl sites for hydroxylation is 1. The molecule has 2 aliphatic heterocycles. The number of ether oxygens (including phenoxy) is 1. The first-order valence-corrected chi connectivity index (χ1v) is 19.6. The summed E-state index contributed by atoms with van der Waals surface area (Å²) >= 11 is 0. The van der Waals surface area contributed by atoms with Crippen LogP contribution < -0.4 is 20.9 Å². The number of carbonyl (C=O) groups is 3. The molecule has 0 aliphatic carbocycles. The minimum Gasteiger partial charge on any atom is -0.459 e. The van der Waals surface area contributed by atoms with Crippen LogP contribution in [0.2, 0.25) is 0 Å². The Morgan fingerprint density at radius 1 is 0.883 bits per heavy atom. The van der Waals surface area contributed by atoms with Crippen LogP contribution in [0.1, 0.15) is 75.3 Å². The number of fused-ring (bicyclic) bond motifs is 1. The fourth-order valence-corrected chi connectivity index (χ4v) is 6.78. The Labute approximate surface area is 344 Å². The van der Waals surface area contributed by atoms with Crippen molar-refractivity contribution in [3.8, 4) is 11.1 Å². The lowest BCUT2D eigenvalue weighted by Gasteiger charge is -2.34. The number of halogens is 6. The lowest BCUT2D eigenvalue weighted by atomic mass is 9.92. The van der Waals surface area contributed by atoms with Gasteiger partial charge in [-0.15, -0.1) is 0 Å². The number of anilines is 3. The number of piperidine rings is 1. The van der Waals surface area contributed by atoms with E-state index < -0.39 is 35.6 Å². The van der Waals surface area contributed by atoms with E-state index in [1.807, 2.05) is 32.9 Å². The van der Waals surface area contributed by atoms with Crippen molar-refractivity contribution in [2.45, 2.75) is 96.3 Å². The van der Waals surface area contributed by atoms with Crippen molar-refractivity contribution in [1.82, 2.24) is 25.3 Å². The highest BCUT2D eigenvalue weighted by atomic mass is 19.4. The number of esters is 1. The van der Waals surface area contributed by atoms with Gasteiger partial charge in [-0.25, -0.2) is 15.0 Å². The molecular formula is C42H48F6N8O4. The molecular weight excluding hydrogens is 795 g/mol. The van der Waals surface area contributed by atoms with Gasteiger partial charge in [-0.1, -0.05) is 37.3 Å². The molecule has 322 valence electrons. The van der Waals surface area contributed by atoms with Crippen LogP contribution in [0.4, 0.5) is 43.8 Å². The normalized spacial score (nSPS) is 15.1. The number of benzene rings is 1. The van der Waals surface area contributed by atoms with E-state index in [0.29, 0.717) is 19.0 Å². The van der Waals surface area contributed by atoms with Crippen molar-refractivity contribution in [2.24, 2.45) is 0 Å². The minimum atomic E-state index is -5.77. The van der Waals surface area contributed by atoms with Crippen LogP contribution in [-0.2, 0) is 38.5 Å². The highest BCUT2D eigenvalue weighted by Gasteiger charge is 2.54. The number of nitrogens with zero attached hydrogens (tertiary/aromatic N) is 5. The number of ketones is 2. The summed E-state index contributed by atoms with van der Waals surface area (Å²) in [6.45, 7) is 11.5. The summed E-state index contributed by atoms with van der Waals surface area (Å²) in [4.78, 5) is 53.4. The molecule has 1 fully saturated rings. The summed E-state index contributed by atoms with van der Waals surface area (Å²) in [6.07, 6.45) is -1.24. The third-order valence-corrected chi connectivity index (χ3v) is 9.81. The zero-order valence-electron chi connectivity index (χ0n) is 33.7. The van der Waals surface area contributed by atoms with Gasteiger partial charge in [-0.3, -0.25) is 24.7 Å². The predicted octanol–water partition coefficient (Wildman–Crippen LogP) is 7.40. The van der Waals surface area contributed by atoms with Gasteiger partial charge in [-0.05, 0) is 93.3 Å². The average molecular weight is 843 g/mol. The largest absolute Gasteiger partial charge is 0.459 e. The molecule has 2 aliphatic rings. The molecule has 6 rings (SSSR count). The molecule has 5 heterocycles. The standard InChI is InChI=1S/C38H48N8O2.C4F6O2/c1-5-31-35(43-25-44-36(31)46-21-16-29(17-22-46)32-13-12-30-7-6-18-40-34(30)45-32)42-24-33(37(47)48-38(2,3)4)41-23-26-8-10-27(11-9-26)28-14-19-39-20-15-28;5-3(6,7)1(11)2(12)4(8,9)10/h8-15,19-20,25,29,33,41H,5-7,16-18,21-24H2,1-4H3,(H,40,45)(H,42,43,44);/t33-;/m0./s1. The Kier molecular flexibility index (Phi) is 14.8. The van der Waals surface area contributed by atoms with E-state index in [4.69, 9.17) is 14.7 Å². The van der Waals surface area contributed by atoms with E-state index in [9.17, 15) is 40.7 Å². The number of hydrogen-bond acceptors (Lipinski definition) is 12. The Morgan fingerprint density at radius 3 is 2.12 bits per heavy atom. The van der Waals surface area contributed by atoms with E-state index in [1.54, 1.807) is 18.7 Å². The number of nitrogens with one attached hydrogen (secondary N) is 3. The second-order valence-corrected chi connectivity index (χ2v) is 15.3. The fourth-order valence-electron chi connectivity index (χ4n) is 6.78. The van der Waals surface area contributed by atoms with Crippen LogP contribution in [0, 0.1) is 0 Å².